The van der Waals surface area contributed by atoms with Crippen LogP contribution in [-0.4, -0.2) is 12.6 Å². The van der Waals surface area contributed by atoms with E-state index in [2.05, 4.69) is 22.9 Å². The molecule has 0 bridgehead atoms. The Kier molecular flexibility index (Phi) is 9.38. The second kappa shape index (κ2) is 10.9. The van der Waals surface area contributed by atoms with Crippen LogP contribution in [0.1, 0.15) is 68.6 Å². The summed E-state index contributed by atoms with van der Waals surface area (Å²) in [5.74, 6) is -0.236. The topological polar surface area (TPSA) is 26.3 Å². The van der Waals surface area contributed by atoms with Gasteiger partial charge < -0.3 is 4.74 Å². The minimum absolute atomic E-state index is 0.236. The molecule has 1 aromatic rings. The van der Waals surface area contributed by atoms with E-state index in [1.807, 2.05) is 18.2 Å². The summed E-state index contributed by atoms with van der Waals surface area (Å²) in [5.41, 5.74) is 0.604. The Morgan fingerprint density at radius 2 is 1.60 bits per heavy atom. The number of halogens is 1. The highest BCUT2D eigenvalue weighted by Crippen LogP contribution is 2.17. The Morgan fingerprint density at radius 3 is 2.25 bits per heavy atom. The van der Waals surface area contributed by atoms with Crippen LogP contribution >= 0.6 is 15.9 Å². The van der Waals surface area contributed by atoms with Crippen LogP contribution in [0.4, 0.5) is 0 Å². The van der Waals surface area contributed by atoms with Gasteiger partial charge in [-0.05, 0) is 34.5 Å². The van der Waals surface area contributed by atoms with E-state index in [-0.39, 0.29) is 5.97 Å². The van der Waals surface area contributed by atoms with E-state index in [0.29, 0.717) is 12.2 Å². The van der Waals surface area contributed by atoms with Crippen molar-refractivity contribution in [2.45, 2.75) is 58.3 Å². The van der Waals surface area contributed by atoms with E-state index in [1.165, 1.54) is 38.5 Å². The molecule has 0 radical (unpaired) electrons. The van der Waals surface area contributed by atoms with Gasteiger partial charge in [-0.15, -0.1) is 0 Å². The minimum atomic E-state index is -0.236. The quantitative estimate of drug-likeness (QED) is 0.400. The molecule has 1 rings (SSSR count). The summed E-state index contributed by atoms with van der Waals surface area (Å²) in [4.78, 5) is 11.8. The number of hydrogen-bond donors (Lipinski definition) is 0. The number of ether oxygens (including phenoxy) is 1. The van der Waals surface area contributed by atoms with Crippen LogP contribution in [0.3, 0.4) is 0 Å². The van der Waals surface area contributed by atoms with E-state index in [1.54, 1.807) is 6.07 Å². The Bertz CT molecular complexity index is 390. The van der Waals surface area contributed by atoms with E-state index in [4.69, 9.17) is 4.74 Å². The first-order valence-electron chi connectivity index (χ1n) is 7.67. The van der Waals surface area contributed by atoms with Crippen LogP contribution in [0, 0.1) is 0 Å². The summed E-state index contributed by atoms with van der Waals surface area (Å²) < 4.78 is 6.08. The third-order valence-electron chi connectivity index (χ3n) is 3.32. The first kappa shape index (κ1) is 17.2. The number of benzene rings is 1. The van der Waals surface area contributed by atoms with Gasteiger partial charge in [-0.25, -0.2) is 4.79 Å². The lowest BCUT2D eigenvalue weighted by Crippen LogP contribution is -2.07. The molecule has 0 saturated carbocycles. The normalized spacial score (nSPS) is 10.5. The zero-order chi connectivity index (χ0) is 14.6. The molecule has 0 aliphatic heterocycles. The van der Waals surface area contributed by atoms with Crippen molar-refractivity contribution in [3.05, 3.63) is 34.3 Å². The maximum atomic E-state index is 11.8. The molecule has 0 aliphatic carbocycles. The smallest absolute Gasteiger partial charge is 0.339 e. The van der Waals surface area contributed by atoms with E-state index in [0.717, 1.165) is 17.3 Å². The molecular weight excluding hydrogens is 316 g/mol. The summed E-state index contributed by atoms with van der Waals surface area (Å²) in [6, 6.07) is 7.37. The van der Waals surface area contributed by atoms with Crippen LogP contribution in [0.25, 0.3) is 0 Å². The molecule has 0 heterocycles. The van der Waals surface area contributed by atoms with Gasteiger partial charge in [-0.3, -0.25) is 0 Å². The number of carbonyl (C=O) groups excluding carboxylic acids is 1. The summed E-state index contributed by atoms with van der Waals surface area (Å²) in [7, 11) is 0. The van der Waals surface area contributed by atoms with E-state index < -0.39 is 0 Å². The average Bonchev–Trinajstić information content (AvgIpc) is 2.46. The molecule has 0 aromatic heterocycles. The lowest BCUT2D eigenvalue weighted by Gasteiger charge is -2.06. The molecule has 20 heavy (non-hydrogen) atoms. The Morgan fingerprint density at radius 1 is 1.00 bits per heavy atom. The van der Waals surface area contributed by atoms with Crippen molar-refractivity contribution in [3.8, 4) is 0 Å². The molecule has 0 unspecified atom stereocenters. The van der Waals surface area contributed by atoms with E-state index in [9.17, 15) is 4.79 Å². The fourth-order valence-electron chi connectivity index (χ4n) is 2.11. The Labute approximate surface area is 131 Å². The number of rotatable bonds is 10. The van der Waals surface area contributed by atoms with Crippen molar-refractivity contribution >= 4 is 21.9 Å². The number of carbonyl (C=O) groups is 1. The minimum Gasteiger partial charge on any atom is -0.462 e. The number of esters is 1. The lowest BCUT2D eigenvalue weighted by molar-refractivity contribution is 0.0496. The van der Waals surface area contributed by atoms with Gasteiger partial charge in [-0.1, -0.05) is 64.0 Å². The van der Waals surface area contributed by atoms with Gasteiger partial charge >= 0.3 is 5.97 Å². The summed E-state index contributed by atoms with van der Waals surface area (Å²) in [6.45, 7) is 2.76. The van der Waals surface area contributed by atoms with Crippen LogP contribution in [0.2, 0.25) is 0 Å². The molecule has 0 aliphatic rings. The highest BCUT2D eigenvalue weighted by Gasteiger charge is 2.09. The van der Waals surface area contributed by atoms with Crippen molar-refractivity contribution < 1.29 is 9.53 Å². The van der Waals surface area contributed by atoms with Gasteiger partial charge in [0, 0.05) is 4.47 Å². The monoisotopic (exact) mass is 340 g/mol. The predicted molar refractivity (Wildman–Crippen MR) is 87.0 cm³/mol. The van der Waals surface area contributed by atoms with Crippen LogP contribution < -0.4 is 0 Å². The molecule has 0 saturated heterocycles. The van der Waals surface area contributed by atoms with Crippen LogP contribution in [0.15, 0.2) is 28.7 Å². The van der Waals surface area contributed by atoms with E-state index >= 15 is 0 Å². The Balaban J connectivity index is 2.04. The first-order chi connectivity index (χ1) is 9.75. The van der Waals surface area contributed by atoms with Gasteiger partial charge in [0.05, 0.1) is 12.2 Å². The third kappa shape index (κ3) is 7.09. The van der Waals surface area contributed by atoms with Crippen molar-refractivity contribution in [1.82, 2.24) is 0 Å². The SMILES string of the molecule is CCCCCCCCCCOC(=O)c1ccccc1Br. The average molecular weight is 341 g/mol. The first-order valence-corrected chi connectivity index (χ1v) is 8.46. The largest absolute Gasteiger partial charge is 0.462 e. The summed E-state index contributed by atoms with van der Waals surface area (Å²) >= 11 is 3.36. The number of hydrogen-bond acceptors (Lipinski definition) is 2. The zero-order valence-corrected chi connectivity index (χ0v) is 14.0. The van der Waals surface area contributed by atoms with Gasteiger partial charge in [0.25, 0.3) is 0 Å². The van der Waals surface area contributed by atoms with Crippen molar-refractivity contribution in [3.63, 3.8) is 0 Å². The molecular formula is C17H25BrO2. The highest BCUT2D eigenvalue weighted by atomic mass is 79.9. The van der Waals surface area contributed by atoms with Gasteiger partial charge in [0.15, 0.2) is 0 Å². The second-order valence-corrected chi connectivity index (χ2v) is 5.94. The second-order valence-electron chi connectivity index (χ2n) is 5.09. The maximum Gasteiger partial charge on any atom is 0.339 e. The van der Waals surface area contributed by atoms with Gasteiger partial charge in [-0.2, -0.15) is 0 Å². The third-order valence-corrected chi connectivity index (χ3v) is 4.02. The van der Waals surface area contributed by atoms with Crippen LogP contribution in [0.5, 0.6) is 0 Å². The molecule has 1 aromatic carbocycles. The molecule has 0 atom stereocenters. The Hall–Kier alpha value is -0.830. The predicted octanol–water partition coefficient (Wildman–Crippen LogP) is 5.75. The fraction of sp³-hybridized carbons (Fsp3) is 0.588. The van der Waals surface area contributed by atoms with Gasteiger partial charge in [0.2, 0.25) is 0 Å². The van der Waals surface area contributed by atoms with Crippen molar-refractivity contribution in [2.24, 2.45) is 0 Å². The standard InChI is InChI=1S/C17H25BrO2/c1-2-3-4-5-6-7-8-11-14-20-17(19)15-12-9-10-13-16(15)18/h9-10,12-13H,2-8,11,14H2,1H3. The molecule has 2 nitrogen and oxygen atoms in total. The molecule has 0 amide bonds. The van der Waals surface area contributed by atoms with Crippen LogP contribution in [-0.2, 0) is 4.74 Å². The summed E-state index contributed by atoms with van der Waals surface area (Å²) in [6.07, 6.45) is 10.0. The molecule has 3 heteroatoms. The molecule has 0 fully saturated rings. The molecule has 0 spiro atoms. The number of unbranched alkanes of at least 4 members (excludes halogenated alkanes) is 7. The molecule has 112 valence electrons. The van der Waals surface area contributed by atoms with Crippen molar-refractivity contribution in [1.29, 1.82) is 0 Å². The fourth-order valence-corrected chi connectivity index (χ4v) is 2.55. The molecule has 0 N–H and O–H groups in total. The lowest BCUT2D eigenvalue weighted by atomic mass is 10.1. The highest BCUT2D eigenvalue weighted by molar-refractivity contribution is 9.10. The maximum absolute atomic E-state index is 11.8. The zero-order valence-electron chi connectivity index (χ0n) is 12.4. The summed E-state index contributed by atoms with van der Waals surface area (Å²) in [5, 5.41) is 0. The van der Waals surface area contributed by atoms with Crippen molar-refractivity contribution in [2.75, 3.05) is 6.61 Å². The van der Waals surface area contributed by atoms with Gasteiger partial charge in [0.1, 0.15) is 0 Å².